The first-order valence-corrected chi connectivity index (χ1v) is 15.2. The molecule has 1 N–H and O–H groups in total. The molecule has 0 saturated heterocycles. The van der Waals surface area contributed by atoms with E-state index in [0.717, 1.165) is 64.6 Å². The molecule has 0 fully saturated rings. The molecular weight excluding hydrogens is 715 g/mol. The van der Waals surface area contributed by atoms with Crippen molar-refractivity contribution in [3.05, 3.63) is 78.0 Å². The number of nitrogens with zero attached hydrogens (tertiary/aromatic N) is 1. The monoisotopic (exact) mass is 759 g/mol. The van der Waals surface area contributed by atoms with Gasteiger partial charge in [0.25, 0.3) is 0 Å². The second kappa shape index (κ2) is 14.5. The average Bonchev–Trinajstić information content (AvgIpc) is 3.59. The predicted molar refractivity (Wildman–Crippen MR) is 173 cm³/mol. The Hall–Kier alpha value is -3.21. The topological polar surface area (TPSA) is 76.5 Å². The maximum atomic E-state index is 11.7. The van der Waals surface area contributed by atoms with Crippen molar-refractivity contribution in [1.82, 2.24) is 4.98 Å². The number of furan rings is 2. The molecule has 0 bridgehead atoms. The van der Waals surface area contributed by atoms with Gasteiger partial charge in [-0.15, -0.1) is 29.1 Å². The molecule has 231 valence electrons. The second-order valence-corrected chi connectivity index (χ2v) is 12.1. The van der Waals surface area contributed by atoms with Crippen LogP contribution in [0.5, 0.6) is 0 Å². The molecule has 3 aromatic heterocycles. The predicted octanol–water partition coefficient (Wildman–Crippen LogP) is 10.7. The van der Waals surface area contributed by atoms with Crippen molar-refractivity contribution in [2.75, 3.05) is 0 Å². The van der Waals surface area contributed by atoms with Crippen LogP contribution in [0.25, 0.3) is 44.1 Å². The number of aryl methyl sites for hydroxylation is 1. The van der Waals surface area contributed by atoms with E-state index in [2.05, 4.69) is 57.2 Å². The number of pyridine rings is 1. The zero-order chi connectivity index (χ0) is 30.6. The van der Waals surface area contributed by atoms with Gasteiger partial charge in [0.1, 0.15) is 11.3 Å². The van der Waals surface area contributed by atoms with Crippen LogP contribution in [-0.4, -0.2) is 15.9 Å². The minimum atomic E-state index is 0. The number of allylic oxidation sites excluding steroid dienone is 2. The number of hydrogen-bond acceptors (Lipinski definition) is 5. The zero-order valence-corrected chi connectivity index (χ0v) is 29.0. The van der Waals surface area contributed by atoms with Gasteiger partial charge in [-0.25, -0.2) is 0 Å². The summed E-state index contributed by atoms with van der Waals surface area (Å²) in [5.41, 5.74) is 5.39. The minimum Gasteiger partial charge on any atom is -0.512 e. The number of hydrogen-bond donors (Lipinski definition) is 1. The number of carbonyl (C=O) groups is 1. The van der Waals surface area contributed by atoms with E-state index in [1.807, 2.05) is 46.8 Å². The summed E-state index contributed by atoms with van der Waals surface area (Å²) in [6.07, 6.45) is 6.56. The van der Waals surface area contributed by atoms with Gasteiger partial charge in [-0.2, -0.15) is 0 Å². The number of aromatic nitrogens is 1. The van der Waals surface area contributed by atoms with Crippen molar-refractivity contribution < 1.29 is 38.8 Å². The van der Waals surface area contributed by atoms with Crippen molar-refractivity contribution in [2.45, 2.75) is 86.5 Å². The maximum absolute atomic E-state index is 11.7. The third-order valence-corrected chi connectivity index (χ3v) is 8.11. The molecule has 0 aliphatic rings. The Labute approximate surface area is 269 Å². The van der Waals surface area contributed by atoms with E-state index in [9.17, 15) is 9.90 Å². The van der Waals surface area contributed by atoms with E-state index in [1.54, 1.807) is 6.26 Å². The van der Waals surface area contributed by atoms with Crippen LogP contribution < -0.4 is 0 Å². The van der Waals surface area contributed by atoms with Gasteiger partial charge in [-0.1, -0.05) is 77.6 Å². The maximum Gasteiger partial charge on any atom is 0.193 e. The number of fused-ring (bicyclic) bond motifs is 4. The molecule has 5 aromatic rings. The molecule has 0 amide bonds. The number of benzene rings is 2. The summed E-state index contributed by atoms with van der Waals surface area (Å²) >= 11 is 0. The van der Waals surface area contributed by atoms with E-state index in [4.69, 9.17) is 13.8 Å². The third kappa shape index (κ3) is 7.48. The molecular formula is C37H44IrNO4-. The Balaban J connectivity index is 0.000000274. The van der Waals surface area contributed by atoms with Crippen LogP contribution in [0.4, 0.5) is 0 Å². The van der Waals surface area contributed by atoms with Crippen molar-refractivity contribution in [1.29, 1.82) is 0 Å². The van der Waals surface area contributed by atoms with Gasteiger partial charge in [0.05, 0.1) is 12.0 Å². The van der Waals surface area contributed by atoms with Gasteiger partial charge in [-0.3, -0.25) is 9.78 Å². The number of aliphatic hydroxyl groups is 1. The van der Waals surface area contributed by atoms with Crippen LogP contribution in [0, 0.1) is 24.8 Å². The smallest absolute Gasteiger partial charge is 0.193 e. The largest absolute Gasteiger partial charge is 0.512 e. The quantitative estimate of drug-likeness (QED) is 0.0969. The van der Waals surface area contributed by atoms with Gasteiger partial charge >= 0.3 is 0 Å². The molecule has 0 saturated carbocycles. The summed E-state index contributed by atoms with van der Waals surface area (Å²) < 4.78 is 11.6. The van der Waals surface area contributed by atoms with Gasteiger partial charge in [0.2, 0.25) is 0 Å². The van der Waals surface area contributed by atoms with Crippen molar-refractivity contribution in [3.8, 4) is 11.3 Å². The van der Waals surface area contributed by atoms with Crippen molar-refractivity contribution in [3.63, 3.8) is 0 Å². The summed E-state index contributed by atoms with van der Waals surface area (Å²) in [6, 6.07) is 18.1. The minimum absolute atomic E-state index is 0. The van der Waals surface area contributed by atoms with Gasteiger partial charge in [-0.05, 0) is 44.1 Å². The standard InChI is InChI=1S/C24H20NO2.C13H24O2.Ir/c1-14-11-18-21(25-20-9-10-26-23(20)22(18)27-14)16-12-15-7-5-6-8-17(15)19(13-16)24(2,3)4;1-5-10(6-2)12(14)9-13(15)11(7-3)8-4;/h5-11,13H,1-4H3;9-11,14H,5-8H2,1-4H3;/q-1;;/b;12-9-;. The molecule has 0 atom stereocenters. The van der Waals surface area contributed by atoms with E-state index in [1.165, 1.54) is 17.0 Å². The molecule has 5 nitrogen and oxygen atoms in total. The third-order valence-electron chi connectivity index (χ3n) is 8.11. The van der Waals surface area contributed by atoms with Crippen LogP contribution in [0.3, 0.4) is 0 Å². The van der Waals surface area contributed by atoms with Gasteiger partial charge < -0.3 is 13.9 Å². The van der Waals surface area contributed by atoms with Gasteiger partial charge in [0, 0.05) is 55.2 Å². The summed E-state index contributed by atoms with van der Waals surface area (Å²) in [4.78, 5) is 16.6. The Morgan fingerprint density at radius 1 is 0.953 bits per heavy atom. The van der Waals surface area contributed by atoms with E-state index in [-0.39, 0.29) is 48.9 Å². The molecule has 6 heteroatoms. The average molecular weight is 759 g/mol. The molecule has 0 aliphatic carbocycles. The molecule has 0 unspecified atom stereocenters. The summed E-state index contributed by atoms with van der Waals surface area (Å²) in [6.45, 7) is 16.7. The van der Waals surface area contributed by atoms with Crippen molar-refractivity contribution in [2.24, 2.45) is 11.8 Å². The second-order valence-electron chi connectivity index (χ2n) is 12.1. The fourth-order valence-corrected chi connectivity index (χ4v) is 5.56. The first-order chi connectivity index (χ1) is 20.0. The van der Waals surface area contributed by atoms with Crippen LogP contribution in [-0.2, 0) is 30.3 Å². The number of rotatable bonds is 8. The summed E-state index contributed by atoms with van der Waals surface area (Å²) in [7, 11) is 0. The summed E-state index contributed by atoms with van der Waals surface area (Å²) in [5, 5.41) is 13.1. The SMILES string of the molecule is CCC(CC)C(=O)/C=C(\O)C(CC)CC.Cc1cc2c(-c3[c-]c4ccccc4c(C(C)(C)C)c3)nc3ccoc3c2o1.[Ir]. The Bertz CT molecular complexity index is 1710. The van der Waals surface area contributed by atoms with E-state index < -0.39 is 0 Å². The fraction of sp³-hybridized carbons (Fsp3) is 0.405. The summed E-state index contributed by atoms with van der Waals surface area (Å²) in [5.74, 6) is 1.39. The van der Waals surface area contributed by atoms with E-state index >= 15 is 0 Å². The number of aliphatic hydroxyl groups excluding tert-OH is 1. The Kier molecular flexibility index (Phi) is 11.6. The first kappa shape index (κ1) is 34.3. The zero-order valence-electron chi connectivity index (χ0n) is 26.6. The first-order valence-electron chi connectivity index (χ1n) is 15.2. The Morgan fingerprint density at radius 2 is 1.60 bits per heavy atom. The fourth-order valence-electron chi connectivity index (χ4n) is 5.56. The molecule has 1 radical (unpaired) electrons. The molecule has 0 spiro atoms. The van der Waals surface area contributed by atoms with Crippen LogP contribution in [0.15, 0.2) is 69.4 Å². The normalized spacial score (nSPS) is 12.2. The Morgan fingerprint density at radius 3 is 2.23 bits per heavy atom. The molecule has 43 heavy (non-hydrogen) atoms. The van der Waals surface area contributed by atoms with Crippen LogP contribution >= 0.6 is 0 Å². The number of carbonyl (C=O) groups excluding carboxylic acids is 1. The van der Waals surface area contributed by atoms with Gasteiger partial charge in [0.15, 0.2) is 16.9 Å². The number of ketones is 1. The molecule has 0 aliphatic heterocycles. The molecule has 5 rings (SSSR count). The van der Waals surface area contributed by atoms with Crippen molar-refractivity contribution >= 4 is 38.6 Å². The molecule has 2 aromatic carbocycles. The molecule has 3 heterocycles. The van der Waals surface area contributed by atoms with Crippen LogP contribution in [0.2, 0.25) is 0 Å². The van der Waals surface area contributed by atoms with E-state index in [0.29, 0.717) is 5.58 Å². The van der Waals surface area contributed by atoms with Crippen LogP contribution in [0.1, 0.15) is 85.5 Å².